The molecule has 0 saturated carbocycles. The fraction of sp³-hybridized carbons (Fsp3) is 0.680. The van der Waals surface area contributed by atoms with E-state index in [1.807, 2.05) is 0 Å². The molecule has 0 aliphatic carbocycles. The maximum Gasteiger partial charge on any atom is 0.407 e. The molecular weight excluding hydrogens is 578 g/mol. The van der Waals surface area contributed by atoms with Gasteiger partial charge >= 0.3 is 30.3 Å². The molecule has 0 bridgehead atoms. The number of ether oxygens (including phenoxy) is 4. The zero-order valence-electron chi connectivity index (χ0n) is 25.0. The number of nitrogens with zero attached hydrogens (tertiary/aromatic N) is 1. The maximum absolute atomic E-state index is 12.1. The van der Waals surface area contributed by atoms with Crippen molar-refractivity contribution in [1.29, 1.82) is 0 Å². The Morgan fingerprint density at radius 3 is 1.44 bits per heavy atom. The number of Topliss-reactive ketones (excluding diaryl/α,β-unsaturated/α-hetero) is 1. The van der Waals surface area contributed by atoms with E-state index < -0.39 is 54.2 Å². The van der Waals surface area contributed by atoms with Crippen molar-refractivity contribution < 1.29 is 62.1 Å². The van der Waals surface area contributed by atoms with Crippen LogP contribution in [0.1, 0.15) is 58.3 Å². The fourth-order valence-electron chi connectivity index (χ4n) is 3.31. The number of hydroxylamine groups is 2. The van der Waals surface area contributed by atoms with Crippen molar-refractivity contribution in [2.75, 3.05) is 41.5 Å². The molecule has 1 rings (SSSR count). The normalized spacial score (nSPS) is 13.3. The van der Waals surface area contributed by atoms with Gasteiger partial charge < -0.3 is 45.1 Å². The van der Waals surface area contributed by atoms with E-state index in [1.54, 1.807) is 0 Å². The van der Waals surface area contributed by atoms with Gasteiger partial charge in [0, 0.05) is 25.9 Å². The molecule has 6 amide bonds. The SMILES string of the molecule is COC(=O)NCCCCC(NC(=O)OC)C(=O)ON1C(=O)CCC1=O.COC(=O)NCCCCC(NC(=O)OC)C(C)=O. The maximum atomic E-state index is 12.1. The minimum atomic E-state index is -1.10. The molecule has 2 unspecified atom stereocenters. The zero-order chi connectivity index (χ0) is 32.8. The van der Waals surface area contributed by atoms with Gasteiger partial charge in [-0.25, -0.2) is 24.0 Å². The van der Waals surface area contributed by atoms with Crippen LogP contribution in [0, 0.1) is 0 Å². The van der Waals surface area contributed by atoms with E-state index in [0.29, 0.717) is 50.3 Å². The van der Waals surface area contributed by atoms with Crippen molar-refractivity contribution in [2.24, 2.45) is 0 Å². The molecule has 1 saturated heterocycles. The molecule has 1 fully saturated rings. The van der Waals surface area contributed by atoms with Crippen LogP contribution in [-0.2, 0) is 43.0 Å². The van der Waals surface area contributed by atoms with Crippen molar-refractivity contribution in [1.82, 2.24) is 26.3 Å². The van der Waals surface area contributed by atoms with Gasteiger partial charge in [-0.2, -0.15) is 0 Å². The van der Waals surface area contributed by atoms with Crippen molar-refractivity contribution in [2.45, 2.75) is 70.4 Å². The monoisotopic (exact) mass is 619 g/mol. The molecular formula is C25H41N5O13. The lowest BCUT2D eigenvalue weighted by Crippen LogP contribution is -2.45. The number of ketones is 1. The van der Waals surface area contributed by atoms with E-state index in [4.69, 9.17) is 4.84 Å². The van der Waals surface area contributed by atoms with Gasteiger partial charge in [0.2, 0.25) is 0 Å². The summed E-state index contributed by atoms with van der Waals surface area (Å²) in [5, 5.41) is 10.1. The molecule has 18 heteroatoms. The molecule has 1 aliphatic rings. The van der Waals surface area contributed by atoms with E-state index in [2.05, 4.69) is 40.2 Å². The first-order valence-corrected chi connectivity index (χ1v) is 13.3. The lowest BCUT2D eigenvalue weighted by atomic mass is 10.1. The Hall–Kier alpha value is -4.64. The summed E-state index contributed by atoms with van der Waals surface area (Å²) in [4.78, 5) is 95.1. The Balaban J connectivity index is 0.000000869. The van der Waals surface area contributed by atoms with Gasteiger partial charge in [-0.1, -0.05) is 0 Å². The Morgan fingerprint density at radius 2 is 1.05 bits per heavy atom. The Kier molecular flexibility index (Phi) is 19.6. The molecule has 18 nitrogen and oxygen atoms in total. The first-order chi connectivity index (χ1) is 20.4. The van der Waals surface area contributed by atoms with E-state index in [0.717, 1.165) is 7.11 Å². The summed E-state index contributed by atoms with van der Waals surface area (Å²) in [6.07, 6.45) is 0.414. The first-order valence-electron chi connectivity index (χ1n) is 13.3. The molecule has 2 atom stereocenters. The summed E-state index contributed by atoms with van der Waals surface area (Å²) in [7, 11) is 4.91. The number of imide groups is 1. The highest BCUT2D eigenvalue weighted by atomic mass is 16.7. The highest BCUT2D eigenvalue weighted by molar-refractivity contribution is 6.01. The Labute approximate surface area is 248 Å². The minimum absolute atomic E-state index is 0.0274. The topological polar surface area (TPSA) is 234 Å². The van der Waals surface area contributed by atoms with Gasteiger partial charge in [-0.15, -0.1) is 5.06 Å². The van der Waals surface area contributed by atoms with Crippen LogP contribution in [0.5, 0.6) is 0 Å². The van der Waals surface area contributed by atoms with Crippen LogP contribution in [0.4, 0.5) is 19.2 Å². The van der Waals surface area contributed by atoms with Crippen LogP contribution >= 0.6 is 0 Å². The van der Waals surface area contributed by atoms with Crippen LogP contribution in [0.3, 0.4) is 0 Å². The van der Waals surface area contributed by atoms with Crippen LogP contribution < -0.4 is 21.3 Å². The number of alkyl carbamates (subject to hydrolysis) is 4. The number of hydrogen-bond donors (Lipinski definition) is 4. The Bertz CT molecular complexity index is 959. The van der Waals surface area contributed by atoms with Crippen LogP contribution in [0.25, 0.3) is 0 Å². The smallest absolute Gasteiger partial charge is 0.407 e. The third-order valence-corrected chi connectivity index (χ3v) is 5.67. The highest BCUT2D eigenvalue weighted by Gasteiger charge is 2.35. The molecule has 1 aliphatic heterocycles. The molecule has 43 heavy (non-hydrogen) atoms. The second kappa shape index (κ2) is 22.0. The predicted octanol–water partition coefficient (Wildman–Crippen LogP) is 0.671. The third kappa shape index (κ3) is 17.0. The molecule has 0 aromatic heterocycles. The number of amides is 6. The van der Waals surface area contributed by atoms with Gasteiger partial charge in [-0.05, 0) is 45.4 Å². The van der Waals surface area contributed by atoms with Gasteiger partial charge in [0.15, 0.2) is 5.78 Å². The largest absolute Gasteiger partial charge is 0.453 e. The van der Waals surface area contributed by atoms with E-state index >= 15 is 0 Å². The van der Waals surface area contributed by atoms with Crippen molar-refractivity contribution in [3.63, 3.8) is 0 Å². The summed E-state index contributed by atoms with van der Waals surface area (Å²) < 4.78 is 17.7. The standard InChI is InChI=1S/C14H21N3O8.C11H20N2O5/c1-23-13(21)15-8-4-3-5-9(16-14(22)24-2)12(20)25-17-10(18)6-7-11(17)19;1-8(14)9(13-11(16)18-3)6-4-5-7-12-10(15)17-2/h9H,3-8H2,1-2H3,(H,15,21)(H,16,22);9H,4-7H2,1-3H3,(H,12,15)(H,13,16). The summed E-state index contributed by atoms with van der Waals surface area (Å²) in [5.74, 6) is -2.30. The second-order valence-electron chi connectivity index (χ2n) is 8.81. The van der Waals surface area contributed by atoms with E-state index in [-0.39, 0.29) is 25.0 Å². The van der Waals surface area contributed by atoms with Crippen LogP contribution in [0.15, 0.2) is 0 Å². The summed E-state index contributed by atoms with van der Waals surface area (Å²) in [5.41, 5.74) is 0. The molecule has 1 heterocycles. The van der Waals surface area contributed by atoms with Crippen LogP contribution in [0.2, 0.25) is 0 Å². The summed E-state index contributed by atoms with van der Waals surface area (Å²) in [6, 6.07) is -1.65. The van der Waals surface area contributed by atoms with Crippen LogP contribution in [-0.4, -0.2) is 107 Å². The van der Waals surface area contributed by atoms with E-state index in [1.165, 1.54) is 28.3 Å². The molecule has 0 aromatic rings. The zero-order valence-corrected chi connectivity index (χ0v) is 25.0. The first kappa shape index (κ1) is 38.4. The summed E-state index contributed by atoms with van der Waals surface area (Å²) in [6.45, 7) is 2.19. The van der Waals surface area contributed by atoms with Crippen molar-refractivity contribution in [3.8, 4) is 0 Å². The average molecular weight is 620 g/mol. The van der Waals surface area contributed by atoms with Gasteiger partial charge in [0.25, 0.3) is 11.8 Å². The molecule has 4 N–H and O–H groups in total. The molecule has 0 aromatic carbocycles. The number of unbranched alkanes of at least 4 members (excludes halogenated alkanes) is 2. The van der Waals surface area contributed by atoms with Gasteiger partial charge in [-0.3, -0.25) is 14.4 Å². The lowest BCUT2D eigenvalue weighted by molar-refractivity contribution is -0.199. The molecule has 0 spiro atoms. The number of nitrogens with one attached hydrogen (secondary N) is 4. The van der Waals surface area contributed by atoms with Crippen molar-refractivity contribution >= 4 is 47.9 Å². The Morgan fingerprint density at radius 1 is 0.651 bits per heavy atom. The second-order valence-corrected chi connectivity index (χ2v) is 8.81. The number of rotatable bonds is 15. The average Bonchev–Trinajstić information content (AvgIpc) is 3.30. The van der Waals surface area contributed by atoms with E-state index in [9.17, 15) is 38.4 Å². The third-order valence-electron chi connectivity index (χ3n) is 5.67. The summed E-state index contributed by atoms with van der Waals surface area (Å²) >= 11 is 0. The lowest BCUT2D eigenvalue weighted by Gasteiger charge is -2.19. The predicted molar refractivity (Wildman–Crippen MR) is 145 cm³/mol. The highest BCUT2D eigenvalue weighted by Crippen LogP contribution is 2.14. The number of hydrogen-bond acceptors (Lipinski definition) is 13. The number of methoxy groups -OCH3 is 4. The minimum Gasteiger partial charge on any atom is -0.453 e. The molecule has 0 radical (unpaired) electrons. The number of carbonyl (C=O) groups is 8. The van der Waals surface area contributed by atoms with Gasteiger partial charge in [0.05, 0.1) is 34.5 Å². The fourth-order valence-corrected chi connectivity index (χ4v) is 3.31. The van der Waals surface area contributed by atoms with Crippen molar-refractivity contribution in [3.05, 3.63) is 0 Å². The number of carbonyl (C=O) groups excluding carboxylic acids is 8. The quantitative estimate of drug-likeness (QED) is 0.112. The molecule has 244 valence electrons. The van der Waals surface area contributed by atoms with Gasteiger partial charge in [0.1, 0.15) is 6.04 Å².